The molecule has 0 heterocycles. The molecule has 7 heteroatoms. The highest BCUT2D eigenvalue weighted by atomic mass is 32.2. The van der Waals surface area contributed by atoms with Crippen LogP contribution in [0.1, 0.15) is 29.2 Å². The van der Waals surface area contributed by atoms with Crippen molar-refractivity contribution in [3.05, 3.63) is 89.0 Å². The molecule has 0 saturated carbocycles. The molecule has 0 bridgehead atoms. The van der Waals surface area contributed by atoms with Crippen molar-refractivity contribution in [3.8, 4) is 5.75 Å². The van der Waals surface area contributed by atoms with Crippen molar-refractivity contribution in [2.45, 2.75) is 44.6 Å². The number of para-hydroxylation sites is 1. The smallest absolute Gasteiger partial charge is 0.242 e. The van der Waals surface area contributed by atoms with E-state index in [0.717, 1.165) is 28.8 Å². The maximum absolute atomic E-state index is 13.4. The number of ether oxygens (including phenoxy) is 1. The summed E-state index contributed by atoms with van der Waals surface area (Å²) >= 11 is 0. The van der Waals surface area contributed by atoms with Gasteiger partial charge in [0, 0.05) is 5.69 Å². The van der Waals surface area contributed by atoms with Crippen LogP contribution in [0.4, 0.5) is 5.69 Å². The van der Waals surface area contributed by atoms with Crippen LogP contribution in [0.2, 0.25) is 0 Å². The number of hydrogen-bond acceptors (Lipinski definition) is 4. The SMILES string of the molecule is CCc1cccc(C)c1NC(=O)[C@@H](Cc1ccccc1)NS(=O)(=O)c1ccc(OC)c(C)c1. The predicted molar refractivity (Wildman–Crippen MR) is 131 cm³/mol. The molecule has 174 valence electrons. The lowest BCUT2D eigenvalue weighted by Crippen LogP contribution is -2.45. The van der Waals surface area contributed by atoms with E-state index in [1.165, 1.54) is 19.2 Å². The fourth-order valence-corrected chi connectivity index (χ4v) is 5.00. The molecule has 0 aliphatic rings. The van der Waals surface area contributed by atoms with Crippen molar-refractivity contribution in [2.75, 3.05) is 12.4 Å². The summed E-state index contributed by atoms with van der Waals surface area (Å²) in [5.41, 5.74) is 4.19. The Labute approximate surface area is 196 Å². The van der Waals surface area contributed by atoms with E-state index in [-0.39, 0.29) is 11.3 Å². The first-order chi connectivity index (χ1) is 15.7. The third-order valence-electron chi connectivity index (χ3n) is 5.56. The number of rotatable bonds is 9. The molecule has 0 aromatic heterocycles. The van der Waals surface area contributed by atoms with Crippen molar-refractivity contribution in [1.29, 1.82) is 0 Å². The van der Waals surface area contributed by atoms with Gasteiger partial charge in [-0.25, -0.2) is 8.42 Å². The fraction of sp³-hybridized carbons (Fsp3) is 0.269. The van der Waals surface area contributed by atoms with E-state index in [0.29, 0.717) is 11.3 Å². The Hall–Kier alpha value is -3.16. The average Bonchev–Trinajstić information content (AvgIpc) is 2.80. The van der Waals surface area contributed by atoms with Gasteiger partial charge in [0.15, 0.2) is 0 Å². The van der Waals surface area contributed by atoms with Crippen LogP contribution >= 0.6 is 0 Å². The summed E-state index contributed by atoms with van der Waals surface area (Å²) in [5, 5.41) is 2.97. The lowest BCUT2D eigenvalue weighted by Gasteiger charge is -2.21. The summed E-state index contributed by atoms with van der Waals surface area (Å²) in [5.74, 6) is 0.191. The molecule has 0 aliphatic carbocycles. The molecule has 3 aromatic carbocycles. The van der Waals surface area contributed by atoms with Gasteiger partial charge in [-0.1, -0.05) is 55.5 Å². The van der Waals surface area contributed by atoms with E-state index < -0.39 is 22.0 Å². The standard InChI is InChI=1S/C26H30N2O4S/c1-5-21-13-9-10-18(2)25(21)27-26(29)23(17-20-11-7-6-8-12-20)28-33(30,31)22-14-15-24(32-4)19(3)16-22/h6-16,23,28H,5,17H2,1-4H3,(H,27,29)/t23-/m1/s1. The number of hydrogen-bond donors (Lipinski definition) is 2. The largest absolute Gasteiger partial charge is 0.496 e. The van der Waals surface area contributed by atoms with Gasteiger partial charge in [0.25, 0.3) is 0 Å². The number of carbonyl (C=O) groups is 1. The van der Waals surface area contributed by atoms with Gasteiger partial charge in [0.2, 0.25) is 15.9 Å². The number of sulfonamides is 1. The van der Waals surface area contributed by atoms with Gasteiger partial charge < -0.3 is 10.1 Å². The van der Waals surface area contributed by atoms with Crippen LogP contribution in [0.15, 0.2) is 71.6 Å². The number of carbonyl (C=O) groups excluding carboxylic acids is 1. The molecule has 0 aliphatic heterocycles. The molecule has 0 spiro atoms. The van der Waals surface area contributed by atoms with Crippen molar-refractivity contribution in [1.82, 2.24) is 4.72 Å². The quantitative estimate of drug-likeness (QED) is 0.489. The normalized spacial score (nSPS) is 12.2. The summed E-state index contributed by atoms with van der Waals surface area (Å²) in [6, 6.07) is 18.8. The van der Waals surface area contributed by atoms with Crippen molar-refractivity contribution >= 4 is 21.6 Å². The molecule has 1 atom stereocenters. The van der Waals surface area contributed by atoms with E-state index in [1.54, 1.807) is 13.0 Å². The average molecular weight is 467 g/mol. The minimum absolute atomic E-state index is 0.0804. The highest BCUT2D eigenvalue weighted by Gasteiger charge is 2.27. The first kappa shape index (κ1) is 24.5. The Morgan fingerprint density at radius 3 is 2.33 bits per heavy atom. The lowest BCUT2D eigenvalue weighted by molar-refractivity contribution is -0.117. The third-order valence-corrected chi connectivity index (χ3v) is 7.03. The second-order valence-electron chi connectivity index (χ2n) is 7.95. The van der Waals surface area contributed by atoms with Crippen molar-refractivity contribution < 1.29 is 17.9 Å². The predicted octanol–water partition coefficient (Wildman–Crippen LogP) is 4.40. The Bertz CT molecular complexity index is 1220. The van der Waals surface area contributed by atoms with Gasteiger partial charge >= 0.3 is 0 Å². The van der Waals surface area contributed by atoms with Crippen LogP contribution in [0.3, 0.4) is 0 Å². The van der Waals surface area contributed by atoms with E-state index in [2.05, 4.69) is 10.0 Å². The first-order valence-corrected chi connectivity index (χ1v) is 12.3. The number of amides is 1. The molecule has 1 amide bonds. The first-order valence-electron chi connectivity index (χ1n) is 10.9. The zero-order chi connectivity index (χ0) is 24.0. The van der Waals surface area contributed by atoms with E-state index >= 15 is 0 Å². The molecule has 0 radical (unpaired) electrons. The zero-order valence-corrected chi connectivity index (χ0v) is 20.2. The molecule has 3 aromatic rings. The van der Waals surface area contributed by atoms with Crippen LogP contribution in [-0.4, -0.2) is 27.5 Å². The molecule has 6 nitrogen and oxygen atoms in total. The van der Waals surface area contributed by atoms with E-state index in [9.17, 15) is 13.2 Å². The number of benzene rings is 3. The topological polar surface area (TPSA) is 84.5 Å². The summed E-state index contributed by atoms with van der Waals surface area (Å²) < 4.78 is 34.2. The second kappa shape index (κ2) is 10.6. The Kier molecular flexibility index (Phi) is 7.89. The maximum Gasteiger partial charge on any atom is 0.242 e. The molecular formula is C26H30N2O4S. The Morgan fingerprint density at radius 1 is 0.970 bits per heavy atom. The van der Waals surface area contributed by atoms with Crippen molar-refractivity contribution in [2.24, 2.45) is 0 Å². The Balaban J connectivity index is 1.93. The highest BCUT2D eigenvalue weighted by molar-refractivity contribution is 7.89. The monoisotopic (exact) mass is 466 g/mol. The summed E-state index contributed by atoms with van der Waals surface area (Å²) in [7, 11) is -2.42. The highest BCUT2D eigenvalue weighted by Crippen LogP contribution is 2.23. The lowest BCUT2D eigenvalue weighted by atomic mass is 10.0. The zero-order valence-electron chi connectivity index (χ0n) is 19.4. The molecule has 0 fully saturated rings. The molecule has 33 heavy (non-hydrogen) atoms. The van der Waals surface area contributed by atoms with Gasteiger partial charge in [-0.15, -0.1) is 0 Å². The third kappa shape index (κ3) is 6.00. The fourth-order valence-electron chi connectivity index (χ4n) is 3.72. The van der Waals surface area contributed by atoms with Crippen LogP contribution in [-0.2, 0) is 27.7 Å². The molecular weight excluding hydrogens is 436 g/mol. The maximum atomic E-state index is 13.4. The number of aryl methyl sites for hydroxylation is 3. The van der Waals surface area contributed by atoms with Gasteiger partial charge in [0.05, 0.1) is 12.0 Å². The molecule has 2 N–H and O–H groups in total. The minimum atomic E-state index is -3.96. The van der Waals surface area contributed by atoms with Gasteiger partial charge in [-0.2, -0.15) is 4.72 Å². The number of anilines is 1. The minimum Gasteiger partial charge on any atom is -0.496 e. The second-order valence-corrected chi connectivity index (χ2v) is 9.66. The van der Waals surface area contributed by atoms with Crippen LogP contribution in [0.25, 0.3) is 0 Å². The van der Waals surface area contributed by atoms with Crippen LogP contribution < -0.4 is 14.8 Å². The molecule has 3 rings (SSSR count). The van der Waals surface area contributed by atoms with Crippen LogP contribution in [0.5, 0.6) is 5.75 Å². The number of nitrogens with one attached hydrogen (secondary N) is 2. The summed E-state index contributed by atoms with van der Waals surface area (Å²) in [4.78, 5) is 13.4. The van der Waals surface area contributed by atoms with Crippen LogP contribution in [0, 0.1) is 13.8 Å². The summed E-state index contributed by atoms with van der Waals surface area (Å²) in [6.45, 7) is 5.71. The molecule has 0 unspecified atom stereocenters. The van der Waals surface area contributed by atoms with E-state index in [1.807, 2.05) is 62.4 Å². The van der Waals surface area contributed by atoms with E-state index in [4.69, 9.17) is 4.74 Å². The summed E-state index contributed by atoms with van der Waals surface area (Å²) in [6.07, 6.45) is 0.964. The van der Waals surface area contributed by atoms with Crippen molar-refractivity contribution in [3.63, 3.8) is 0 Å². The van der Waals surface area contributed by atoms with Gasteiger partial charge in [0.1, 0.15) is 11.8 Å². The number of methoxy groups -OCH3 is 1. The molecule has 0 saturated heterocycles. The van der Waals surface area contributed by atoms with Gasteiger partial charge in [-0.05, 0) is 67.1 Å². The van der Waals surface area contributed by atoms with Gasteiger partial charge in [-0.3, -0.25) is 4.79 Å². The Morgan fingerprint density at radius 2 is 1.70 bits per heavy atom.